The molecule has 0 unspecified atom stereocenters. The lowest BCUT2D eigenvalue weighted by molar-refractivity contribution is -0.384. The van der Waals surface area contributed by atoms with Crippen LogP contribution in [0.4, 0.5) is 63.1 Å². The molecule has 4 N–H and O–H groups in total. The molecule has 2 aliphatic rings. The van der Waals surface area contributed by atoms with Gasteiger partial charge in [0.25, 0.3) is 11.4 Å². The molecular formula is C108H67Br4F4N11O4. The summed E-state index contributed by atoms with van der Waals surface area (Å²) in [5.41, 5.74) is 26.6. The third kappa shape index (κ3) is 14.4. The molecule has 0 radical (unpaired) electrons. The second-order valence-electron chi connectivity index (χ2n) is 31.3. The van der Waals surface area contributed by atoms with Crippen LogP contribution in [0.15, 0.2) is 400 Å². The molecule has 634 valence electrons. The molecule has 18 aromatic carbocycles. The zero-order chi connectivity index (χ0) is 89.6. The molecule has 131 heavy (non-hydrogen) atoms. The smallest absolute Gasteiger partial charge is 0.293 e. The van der Waals surface area contributed by atoms with Crippen molar-refractivity contribution in [2.75, 3.05) is 16.0 Å². The van der Waals surface area contributed by atoms with E-state index in [1.165, 1.54) is 114 Å². The average Bonchev–Trinajstić information content (AvgIpc) is 1.56. The van der Waals surface area contributed by atoms with E-state index < -0.39 is 21.5 Å². The van der Waals surface area contributed by atoms with Crippen molar-refractivity contribution >= 4 is 240 Å². The van der Waals surface area contributed by atoms with E-state index in [0.29, 0.717) is 50.0 Å². The molecule has 0 aliphatic carbocycles. The summed E-state index contributed by atoms with van der Waals surface area (Å²) in [5.74, 6) is -1.28. The fraction of sp³-hybridized carbons (Fsp3) is 0. The van der Waals surface area contributed by atoms with Crippen LogP contribution in [-0.4, -0.2) is 37.7 Å². The summed E-state index contributed by atoms with van der Waals surface area (Å²) in [4.78, 5) is 27.3. The highest BCUT2D eigenvalue weighted by Crippen LogP contribution is 2.51. The standard InChI is InChI=1S/C24H15BrN2.C18H10BrFN2O2.C18H12BrFN2.C18H11BrN2.C18H11FN2O2.C12H8FN/c25-16-13-14-20-19(15-16)18-9-6-12-23-24(18)27(20)22-11-5-4-10-21(22)26(23)17-7-2-1-3-8-17;19-11-8-9-15-13(10-11)12-4-3-5-14(20)18(12)21(15)16-6-1-2-7-17(16)22(23)24;19-11-8-9-16-13(10-11)12-4-3-5-14(20)18(12)22(16)17-7-2-1-6-15(17)21;19-11-8-9-16-13(10-11)12-4-3-6-15-18(12)21(16)17-7-2-1-5-14(17)20-15;19-14-8-5-7-13-12-6-1-2-9-15(12)20(18(13)14)16-10-3-4-11-17(16)21(22)23;13-10-6-3-5-9-8-4-1-2-7-11(8)14-12(9)10/h1-15H;1-10H;1-10H,21H2;1-10,20H;1-11H;1-7,14H. The number of aromatic amines is 1. The fourth-order valence-electron chi connectivity index (χ4n) is 18.5. The average molecular weight is 1980 g/mol. The molecule has 15 nitrogen and oxygen atoms in total. The van der Waals surface area contributed by atoms with Crippen LogP contribution in [-0.2, 0) is 0 Å². The third-order valence-corrected chi connectivity index (χ3v) is 25.8. The van der Waals surface area contributed by atoms with Gasteiger partial charge in [-0.05, 0) is 182 Å². The Morgan fingerprint density at radius 1 is 0.267 bits per heavy atom. The Balaban J connectivity index is 0.0000000957. The first-order chi connectivity index (χ1) is 63.9. The molecule has 2 aliphatic heterocycles. The zero-order valence-electron chi connectivity index (χ0n) is 68.7. The molecule has 0 amide bonds. The molecule has 0 fully saturated rings. The van der Waals surface area contributed by atoms with Crippen LogP contribution in [0.1, 0.15) is 0 Å². The number of nitro benzene ring substituents is 2. The summed E-state index contributed by atoms with van der Waals surface area (Å²) >= 11 is 14.2. The zero-order valence-corrected chi connectivity index (χ0v) is 75.0. The van der Waals surface area contributed by atoms with E-state index in [0.717, 1.165) is 83.5 Å². The third-order valence-electron chi connectivity index (χ3n) is 23.9. The molecular weight excluding hydrogens is 1910 g/mol. The number of halogens is 8. The van der Waals surface area contributed by atoms with Gasteiger partial charge in [0.15, 0.2) is 0 Å². The van der Waals surface area contributed by atoms with Crippen molar-refractivity contribution < 1.29 is 27.4 Å². The molecule has 0 atom stereocenters. The van der Waals surface area contributed by atoms with Gasteiger partial charge in [0, 0.05) is 106 Å². The maximum Gasteiger partial charge on any atom is 0.293 e. The normalized spacial score (nSPS) is 11.7. The molecule has 0 bridgehead atoms. The second-order valence-corrected chi connectivity index (χ2v) is 35.0. The lowest BCUT2D eigenvalue weighted by atomic mass is 10.1. The van der Waals surface area contributed by atoms with Crippen LogP contribution in [0.5, 0.6) is 0 Å². The van der Waals surface area contributed by atoms with Gasteiger partial charge in [-0.1, -0.05) is 252 Å². The van der Waals surface area contributed by atoms with Crippen LogP contribution in [0.2, 0.25) is 0 Å². The van der Waals surface area contributed by atoms with Gasteiger partial charge in [0.1, 0.15) is 34.6 Å². The minimum atomic E-state index is -0.452. The number of nitro groups is 2. The van der Waals surface area contributed by atoms with Crippen molar-refractivity contribution in [3.8, 4) is 28.4 Å². The monoisotopic (exact) mass is 1970 g/mol. The topological polar surface area (TPSA) is 168 Å². The summed E-state index contributed by atoms with van der Waals surface area (Å²) in [6.45, 7) is 0. The number of H-pyrrole nitrogens is 1. The molecule has 6 aromatic heterocycles. The predicted octanol–water partition coefficient (Wildman–Crippen LogP) is 32.1. The number of aromatic nitrogens is 6. The summed E-state index contributed by atoms with van der Waals surface area (Å²) in [7, 11) is 0. The van der Waals surface area contributed by atoms with Gasteiger partial charge in [-0.15, -0.1) is 0 Å². The minimum Gasteiger partial charge on any atom is -0.397 e. The number of fused-ring (bicyclic) bond motifs is 22. The summed E-state index contributed by atoms with van der Waals surface area (Å²) in [6.07, 6.45) is 0. The Morgan fingerprint density at radius 2 is 0.611 bits per heavy atom. The lowest BCUT2D eigenvalue weighted by Crippen LogP contribution is -2.17. The van der Waals surface area contributed by atoms with Crippen molar-refractivity contribution in [2.24, 2.45) is 0 Å². The number of nitrogens with two attached hydrogens (primary N) is 1. The van der Waals surface area contributed by atoms with E-state index in [2.05, 4.69) is 240 Å². The first-order valence-corrected chi connectivity index (χ1v) is 44.8. The Bertz CT molecular complexity index is 8790. The second kappa shape index (κ2) is 34.0. The van der Waals surface area contributed by atoms with Gasteiger partial charge in [0.05, 0.1) is 116 Å². The van der Waals surface area contributed by atoms with Gasteiger partial charge < -0.3 is 43.8 Å². The first-order valence-electron chi connectivity index (χ1n) is 41.6. The predicted molar refractivity (Wildman–Crippen MR) is 540 cm³/mol. The maximum atomic E-state index is 14.6. The SMILES string of the molecule is Brc1ccc2c(c1)c1cccc3c1n2-c1ccccc1N3.Brc1ccc2c(c1)c1cccc3c1n2-c1ccccc1N3c1ccccc1.Fc1cccc2c1[nH]c1ccccc12.Nc1ccccc1-n1c2ccc(Br)cc2c2cccc(F)c21.O=[N+]([O-])c1ccccc1-n1c2ccc(Br)cc2c2cccc(F)c21.O=[N+]([O-])c1ccccc1-n1c2ccccc2c2cccc(F)c21. The van der Waals surface area contributed by atoms with Crippen LogP contribution < -0.4 is 16.0 Å². The van der Waals surface area contributed by atoms with E-state index in [1.807, 2.05) is 138 Å². The Hall–Kier alpha value is -15.4. The maximum absolute atomic E-state index is 14.6. The molecule has 0 saturated carbocycles. The number of para-hydroxylation sites is 19. The highest BCUT2D eigenvalue weighted by Gasteiger charge is 2.31. The van der Waals surface area contributed by atoms with Crippen LogP contribution in [0, 0.1) is 43.5 Å². The number of nitrogen functional groups attached to an aromatic ring is 1. The van der Waals surface area contributed by atoms with Crippen molar-refractivity contribution in [2.45, 2.75) is 0 Å². The highest BCUT2D eigenvalue weighted by molar-refractivity contribution is 9.11. The van der Waals surface area contributed by atoms with Crippen molar-refractivity contribution in [3.63, 3.8) is 0 Å². The first kappa shape index (κ1) is 82.6. The van der Waals surface area contributed by atoms with E-state index >= 15 is 0 Å². The summed E-state index contributed by atoms with van der Waals surface area (Å²) < 4.78 is 71.0. The van der Waals surface area contributed by atoms with E-state index in [1.54, 1.807) is 69.8 Å². The van der Waals surface area contributed by atoms with Gasteiger partial charge in [-0.2, -0.15) is 0 Å². The van der Waals surface area contributed by atoms with E-state index in [4.69, 9.17) is 5.73 Å². The van der Waals surface area contributed by atoms with Crippen molar-refractivity contribution in [1.29, 1.82) is 0 Å². The molecule has 23 heteroatoms. The number of benzene rings is 18. The Labute approximate surface area is 777 Å². The van der Waals surface area contributed by atoms with Crippen molar-refractivity contribution in [1.82, 2.24) is 27.8 Å². The summed E-state index contributed by atoms with van der Waals surface area (Å²) in [5, 5.41) is 38.5. The number of rotatable bonds is 6. The fourth-order valence-corrected chi connectivity index (χ4v) is 19.9. The van der Waals surface area contributed by atoms with Crippen LogP contribution >= 0.6 is 63.7 Å². The van der Waals surface area contributed by atoms with Gasteiger partial charge in [0.2, 0.25) is 0 Å². The number of hydrogen-bond acceptors (Lipinski definition) is 7. The molecule has 0 saturated heterocycles. The van der Waals surface area contributed by atoms with E-state index in [-0.39, 0.29) is 23.0 Å². The van der Waals surface area contributed by atoms with Crippen LogP contribution in [0.3, 0.4) is 0 Å². The number of nitrogens with zero attached hydrogens (tertiary/aromatic N) is 8. The number of hydrogen-bond donors (Lipinski definition) is 3. The Kier molecular flexibility index (Phi) is 21.4. The molecule has 26 rings (SSSR count). The largest absolute Gasteiger partial charge is 0.397 e. The molecule has 0 spiro atoms. The highest BCUT2D eigenvalue weighted by atomic mass is 79.9. The van der Waals surface area contributed by atoms with Crippen molar-refractivity contribution in [3.05, 3.63) is 444 Å². The molecule has 8 heterocycles. The summed E-state index contributed by atoms with van der Waals surface area (Å²) in [6, 6.07) is 121. The lowest BCUT2D eigenvalue weighted by Gasteiger charge is -2.33. The Morgan fingerprint density at radius 3 is 1.14 bits per heavy atom. The van der Waals surface area contributed by atoms with Gasteiger partial charge in [-0.25, -0.2) is 17.6 Å². The van der Waals surface area contributed by atoms with E-state index in [9.17, 15) is 37.8 Å². The minimum absolute atomic E-state index is 0.0570. The van der Waals surface area contributed by atoms with Gasteiger partial charge >= 0.3 is 0 Å². The molecule has 24 aromatic rings. The number of anilines is 6. The van der Waals surface area contributed by atoms with Crippen LogP contribution in [0.25, 0.3) is 159 Å². The quantitative estimate of drug-likeness (QED) is 0.0644. The van der Waals surface area contributed by atoms with Gasteiger partial charge in [-0.3, -0.25) is 20.2 Å². The number of nitrogens with one attached hydrogen (secondary N) is 2.